The van der Waals surface area contributed by atoms with Gasteiger partial charge >= 0.3 is 0 Å². The molecule has 4 aliphatic heterocycles. The minimum Gasteiger partial charge on any atom is -0.394 e. The van der Waals surface area contributed by atoms with Crippen LogP contribution in [0, 0.1) is 0 Å². The van der Waals surface area contributed by atoms with Crippen LogP contribution in [0.2, 0.25) is 0 Å². The number of hydrogen-bond acceptors (Lipinski definition) is 11. The highest BCUT2D eigenvalue weighted by Crippen LogP contribution is 2.45. The minimum absolute atomic E-state index is 0.344. The number of fused-ring (bicyclic) bond motifs is 3. The summed E-state index contributed by atoms with van der Waals surface area (Å²) in [4.78, 5) is 0. The lowest BCUT2D eigenvalue weighted by atomic mass is 10.00. The minimum atomic E-state index is -1.42. The van der Waals surface area contributed by atoms with Crippen molar-refractivity contribution in [3.8, 4) is 0 Å². The Morgan fingerprint density at radius 1 is 0.724 bits per heavy atom. The molecule has 0 aliphatic carbocycles. The Hall–Kier alpha value is -0.0500. The van der Waals surface area contributed by atoms with Crippen molar-refractivity contribution in [1.29, 1.82) is 0 Å². The van der Waals surface area contributed by atoms with Gasteiger partial charge in [-0.25, -0.2) is 0 Å². The molecule has 0 aromatic rings. The van der Waals surface area contributed by atoms with Gasteiger partial charge in [-0.05, 0) is 27.7 Å². The molecule has 0 aromatic heterocycles. The molecule has 0 bridgehead atoms. The Bertz CT molecular complexity index is 601. The second kappa shape index (κ2) is 7.82. The molecule has 4 aliphatic rings. The van der Waals surface area contributed by atoms with Crippen LogP contribution in [0.4, 0.5) is 0 Å². The first-order valence-corrected chi connectivity index (χ1v) is 10.8. The molecule has 0 aromatic carbocycles. The smallest absolute Gasteiger partial charge is 0.190 e. The molecule has 4 saturated heterocycles. The van der Waals surface area contributed by atoms with Crippen LogP contribution >= 0.6 is 11.8 Å². The molecule has 168 valence electrons. The van der Waals surface area contributed by atoms with E-state index in [1.54, 1.807) is 0 Å². The third-order valence-corrected chi connectivity index (χ3v) is 6.76. The second-order valence-corrected chi connectivity index (χ2v) is 9.87. The molecule has 0 amide bonds. The highest BCUT2D eigenvalue weighted by Gasteiger charge is 2.60. The van der Waals surface area contributed by atoms with Gasteiger partial charge in [-0.15, -0.1) is 11.8 Å². The van der Waals surface area contributed by atoms with Crippen LogP contribution < -0.4 is 0 Å². The van der Waals surface area contributed by atoms with Crippen molar-refractivity contribution in [2.75, 3.05) is 12.4 Å². The number of aliphatic hydroxyl groups is 4. The number of aliphatic hydroxyl groups excluding tert-OH is 4. The van der Waals surface area contributed by atoms with Crippen LogP contribution in [0.15, 0.2) is 0 Å². The first-order valence-electron chi connectivity index (χ1n) is 9.80. The van der Waals surface area contributed by atoms with Gasteiger partial charge in [-0.2, -0.15) is 0 Å². The third kappa shape index (κ3) is 4.20. The molecule has 4 heterocycles. The second-order valence-electron chi connectivity index (χ2n) is 8.74. The Balaban J connectivity index is 1.45. The van der Waals surface area contributed by atoms with E-state index in [0.29, 0.717) is 5.75 Å². The molecule has 11 heteroatoms. The Labute approximate surface area is 173 Å². The summed E-state index contributed by atoms with van der Waals surface area (Å²) in [5, 5.41) is 39.5. The van der Waals surface area contributed by atoms with Crippen LogP contribution in [0.25, 0.3) is 0 Å². The van der Waals surface area contributed by atoms with E-state index in [0.717, 1.165) is 0 Å². The zero-order valence-electron chi connectivity index (χ0n) is 16.8. The van der Waals surface area contributed by atoms with Crippen molar-refractivity contribution < 1.29 is 48.8 Å². The summed E-state index contributed by atoms with van der Waals surface area (Å²) in [6.45, 7) is 6.79. The normalized spacial score (nSPS) is 50.9. The standard InChI is InChI=1S/C18H30O10S/c1-17(2)25-12-8(23-15-14(13(12)26-17)27-18(3,4)28-15)6-29-16-11(22)10(21)9(20)7(5-19)24-16/h7-16,19-22H,5-6H2,1-4H3/t7?,8?,9-,10?,11?,12-,13?,14?,15-,16-/m0/s1. The van der Waals surface area contributed by atoms with Crippen molar-refractivity contribution in [2.45, 2.75) is 99.8 Å². The Morgan fingerprint density at radius 3 is 2.03 bits per heavy atom. The maximum atomic E-state index is 10.3. The summed E-state index contributed by atoms with van der Waals surface area (Å²) in [6.07, 6.45) is -7.36. The highest BCUT2D eigenvalue weighted by atomic mass is 32.2. The van der Waals surface area contributed by atoms with E-state index in [9.17, 15) is 20.4 Å². The van der Waals surface area contributed by atoms with E-state index in [4.69, 9.17) is 28.4 Å². The third-order valence-electron chi connectivity index (χ3n) is 5.52. The Kier molecular flexibility index (Phi) is 5.97. The van der Waals surface area contributed by atoms with E-state index >= 15 is 0 Å². The fraction of sp³-hybridized carbons (Fsp3) is 1.00. The van der Waals surface area contributed by atoms with Gasteiger partial charge in [0, 0.05) is 5.75 Å². The highest BCUT2D eigenvalue weighted by molar-refractivity contribution is 7.99. The lowest BCUT2D eigenvalue weighted by Crippen LogP contribution is -2.58. The fourth-order valence-electron chi connectivity index (χ4n) is 4.22. The van der Waals surface area contributed by atoms with Gasteiger partial charge in [0.2, 0.25) is 0 Å². The van der Waals surface area contributed by atoms with Crippen molar-refractivity contribution in [3.63, 3.8) is 0 Å². The van der Waals surface area contributed by atoms with Gasteiger partial charge in [0.1, 0.15) is 48.2 Å². The van der Waals surface area contributed by atoms with Gasteiger partial charge in [-0.3, -0.25) is 0 Å². The van der Waals surface area contributed by atoms with Crippen LogP contribution in [0.1, 0.15) is 27.7 Å². The van der Waals surface area contributed by atoms with Crippen LogP contribution in [-0.2, 0) is 28.4 Å². The van der Waals surface area contributed by atoms with Crippen LogP contribution in [0.5, 0.6) is 0 Å². The SMILES string of the molecule is CC1(C)OC2C3OC(C)(C)O[C@H]3C(CS[C@@H]3OC(CO)[C@H](O)C(O)C3O)O[C@H]2O1. The van der Waals surface area contributed by atoms with Gasteiger partial charge in [0.05, 0.1) is 12.7 Å². The van der Waals surface area contributed by atoms with E-state index in [2.05, 4.69) is 0 Å². The number of rotatable bonds is 4. The molecule has 10 atom stereocenters. The molecule has 0 radical (unpaired) electrons. The predicted molar refractivity (Wildman–Crippen MR) is 98.7 cm³/mol. The molecule has 0 saturated carbocycles. The molecule has 29 heavy (non-hydrogen) atoms. The topological polar surface area (TPSA) is 136 Å². The van der Waals surface area contributed by atoms with E-state index in [1.165, 1.54) is 11.8 Å². The lowest BCUT2D eigenvalue weighted by Gasteiger charge is -2.41. The zero-order chi connectivity index (χ0) is 21.1. The number of thioether (sulfide) groups is 1. The van der Waals surface area contributed by atoms with Crippen molar-refractivity contribution in [1.82, 2.24) is 0 Å². The average Bonchev–Trinajstić information content (AvgIpc) is 3.13. The van der Waals surface area contributed by atoms with Gasteiger partial charge in [0.15, 0.2) is 17.9 Å². The summed E-state index contributed by atoms with van der Waals surface area (Å²) in [5.74, 6) is -1.28. The van der Waals surface area contributed by atoms with Gasteiger partial charge in [0.25, 0.3) is 0 Å². The molecular formula is C18H30O10S. The summed E-state index contributed by atoms with van der Waals surface area (Å²) in [6, 6.07) is 0. The summed E-state index contributed by atoms with van der Waals surface area (Å²) in [5.41, 5.74) is -0.849. The molecule has 4 rings (SSSR count). The summed E-state index contributed by atoms with van der Waals surface area (Å²) >= 11 is 1.21. The first-order chi connectivity index (χ1) is 13.5. The number of hydrogen-bond donors (Lipinski definition) is 4. The molecular weight excluding hydrogens is 408 g/mol. The van der Waals surface area contributed by atoms with Crippen LogP contribution in [0.3, 0.4) is 0 Å². The quantitative estimate of drug-likeness (QED) is 0.426. The molecule has 6 unspecified atom stereocenters. The van der Waals surface area contributed by atoms with Gasteiger partial charge < -0.3 is 48.8 Å². The summed E-state index contributed by atoms with van der Waals surface area (Å²) < 4.78 is 35.6. The van der Waals surface area contributed by atoms with Crippen molar-refractivity contribution in [3.05, 3.63) is 0 Å². The molecule has 4 N–H and O–H groups in total. The van der Waals surface area contributed by atoms with Gasteiger partial charge in [-0.1, -0.05) is 0 Å². The maximum Gasteiger partial charge on any atom is 0.190 e. The monoisotopic (exact) mass is 438 g/mol. The molecule has 10 nitrogen and oxygen atoms in total. The van der Waals surface area contributed by atoms with E-state index < -0.39 is 72.6 Å². The lowest BCUT2D eigenvalue weighted by molar-refractivity contribution is -0.228. The zero-order valence-corrected chi connectivity index (χ0v) is 17.7. The average molecular weight is 438 g/mol. The fourth-order valence-corrected chi connectivity index (χ4v) is 5.45. The first kappa shape index (κ1) is 22.2. The van der Waals surface area contributed by atoms with E-state index in [-0.39, 0.29) is 6.10 Å². The predicted octanol–water partition coefficient (Wildman–Crippen LogP) is -1.08. The largest absolute Gasteiger partial charge is 0.394 e. The molecule has 4 fully saturated rings. The van der Waals surface area contributed by atoms with Crippen molar-refractivity contribution >= 4 is 11.8 Å². The maximum absolute atomic E-state index is 10.3. The number of ether oxygens (including phenoxy) is 6. The van der Waals surface area contributed by atoms with Crippen molar-refractivity contribution in [2.24, 2.45) is 0 Å². The Morgan fingerprint density at radius 2 is 1.34 bits per heavy atom. The van der Waals surface area contributed by atoms with Crippen LogP contribution in [-0.4, -0.2) is 105 Å². The summed E-state index contributed by atoms with van der Waals surface area (Å²) in [7, 11) is 0. The van der Waals surface area contributed by atoms with E-state index in [1.807, 2.05) is 27.7 Å². The molecule has 0 spiro atoms.